The molecule has 1 fully saturated rings. The van der Waals surface area contributed by atoms with Crippen LogP contribution < -0.4 is 0 Å². The van der Waals surface area contributed by atoms with E-state index >= 15 is 0 Å². The molecule has 0 aromatic heterocycles. The first-order chi connectivity index (χ1) is 15.6. The lowest BCUT2D eigenvalue weighted by Gasteiger charge is -2.16. The van der Waals surface area contributed by atoms with Crippen LogP contribution in [0.25, 0.3) is 0 Å². The predicted molar refractivity (Wildman–Crippen MR) is 124 cm³/mol. The summed E-state index contributed by atoms with van der Waals surface area (Å²) in [5, 5.41) is 0. The van der Waals surface area contributed by atoms with E-state index in [0.717, 1.165) is 36.8 Å². The summed E-state index contributed by atoms with van der Waals surface area (Å²) in [4.78, 5) is 23.0. The van der Waals surface area contributed by atoms with Crippen LogP contribution in [0.3, 0.4) is 0 Å². The van der Waals surface area contributed by atoms with E-state index in [1.54, 1.807) is 24.3 Å². The molecular weight excluding hydrogens is 400 g/mol. The largest absolute Gasteiger partial charge is 0.465 e. The van der Waals surface area contributed by atoms with E-state index in [9.17, 15) is 9.59 Å². The molecule has 4 heteroatoms. The minimum atomic E-state index is -0.357. The smallest absolute Gasteiger partial charge is 0.337 e. The van der Waals surface area contributed by atoms with Gasteiger partial charge >= 0.3 is 11.9 Å². The highest BCUT2D eigenvalue weighted by Gasteiger charge is 2.10. The highest BCUT2D eigenvalue weighted by Crippen LogP contribution is 2.28. The third-order valence-electron chi connectivity index (χ3n) is 5.09. The second-order valence-electron chi connectivity index (χ2n) is 7.22. The molecule has 2 aromatic carbocycles. The highest BCUT2D eigenvalue weighted by atomic mass is 16.5. The third-order valence-corrected chi connectivity index (χ3v) is 5.09. The van der Waals surface area contributed by atoms with Crippen LogP contribution in [0.5, 0.6) is 0 Å². The SMILES string of the molecule is COC(=O)c1ccc(C#C/C=C2/CCCC/C2=C\C#Cc2ccc(C(=O)OC)cc2)cc1. The normalized spacial score (nSPS) is 15.2. The molecule has 32 heavy (non-hydrogen) atoms. The summed E-state index contributed by atoms with van der Waals surface area (Å²) in [6, 6.07) is 14.1. The molecule has 0 saturated heterocycles. The Balaban J connectivity index is 1.71. The number of carbonyl (C=O) groups excluding carboxylic acids is 2. The summed E-state index contributed by atoms with van der Waals surface area (Å²) in [6.07, 6.45) is 8.18. The lowest BCUT2D eigenvalue weighted by molar-refractivity contribution is 0.0592. The summed E-state index contributed by atoms with van der Waals surface area (Å²) in [6.45, 7) is 0. The molecule has 2 aromatic rings. The number of ether oxygens (including phenoxy) is 2. The van der Waals surface area contributed by atoms with E-state index in [4.69, 9.17) is 9.47 Å². The molecule has 0 spiro atoms. The van der Waals surface area contributed by atoms with E-state index in [1.165, 1.54) is 25.4 Å². The molecule has 3 rings (SSSR count). The van der Waals surface area contributed by atoms with Crippen molar-refractivity contribution in [1.29, 1.82) is 0 Å². The average Bonchev–Trinajstić information content (AvgIpc) is 2.85. The van der Waals surface area contributed by atoms with Crippen molar-refractivity contribution in [2.45, 2.75) is 25.7 Å². The van der Waals surface area contributed by atoms with E-state index in [-0.39, 0.29) is 11.9 Å². The summed E-state index contributed by atoms with van der Waals surface area (Å²) >= 11 is 0. The second-order valence-corrected chi connectivity index (χ2v) is 7.22. The van der Waals surface area contributed by atoms with Gasteiger partial charge in [0.15, 0.2) is 0 Å². The number of esters is 2. The van der Waals surface area contributed by atoms with Crippen molar-refractivity contribution < 1.29 is 19.1 Å². The van der Waals surface area contributed by atoms with Crippen LogP contribution in [0.4, 0.5) is 0 Å². The molecule has 1 saturated carbocycles. The van der Waals surface area contributed by atoms with Crippen LogP contribution in [-0.2, 0) is 9.47 Å². The predicted octanol–water partition coefficient (Wildman–Crippen LogP) is 5.09. The average molecular weight is 424 g/mol. The Bertz CT molecular complexity index is 1060. The number of rotatable bonds is 2. The molecule has 4 nitrogen and oxygen atoms in total. The Hall–Kier alpha value is -4.02. The molecule has 0 radical (unpaired) electrons. The van der Waals surface area contributed by atoms with Gasteiger partial charge in [0.2, 0.25) is 0 Å². The Morgan fingerprint density at radius 3 is 1.41 bits per heavy atom. The Kier molecular flexibility index (Phi) is 8.07. The molecule has 1 aliphatic rings. The van der Waals surface area contributed by atoms with Gasteiger partial charge in [0.1, 0.15) is 0 Å². The number of methoxy groups -OCH3 is 2. The number of benzene rings is 2. The molecule has 0 N–H and O–H groups in total. The zero-order valence-electron chi connectivity index (χ0n) is 18.2. The number of hydrogen-bond donors (Lipinski definition) is 0. The quantitative estimate of drug-likeness (QED) is 0.498. The molecule has 0 aliphatic heterocycles. The lowest BCUT2D eigenvalue weighted by Crippen LogP contribution is -2.00. The van der Waals surface area contributed by atoms with E-state index in [1.807, 2.05) is 36.4 Å². The Labute approximate surface area is 188 Å². The first-order valence-corrected chi connectivity index (χ1v) is 10.4. The Morgan fingerprint density at radius 2 is 1.06 bits per heavy atom. The van der Waals surface area contributed by atoms with Crippen LogP contribution in [-0.4, -0.2) is 26.2 Å². The van der Waals surface area contributed by atoms with Gasteiger partial charge in [0.05, 0.1) is 25.3 Å². The van der Waals surface area contributed by atoms with E-state index in [0.29, 0.717) is 11.1 Å². The zero-order chi connectivity index (χ0) is 22.8. The summed E-state index contributed by atoms with van der Waals surface area (Å²) < 4.78 is 9.42. The van der Waals surface area contributed by atoms with Crippen LogP contribution in [0.15, 0.2) is 71.8 Å². The van der Waals surface area contributed by atoms with Crippen molar-refractivity contribution >= 4 is 11.9 Å². The first-order valence-electron chi connectivity index (χ1n) is 10.4. The Morgan fingerprint density at radius 1 is 0.688 bits per heavy atom. The third kappa shape index (κ3) is 6.24. The number of hydrogen-bond acceptors (Lipinski definition) is 4. The molecule has 0 heterocycles. The minimum Gasteiger partial charge on any atom is -0.465 e. The van der Waals surface area contributed by atoms with Gasteiger partial charge in [-0.3, -0.25) is 0 Å². The van der Waals surface area contributed by atoms with Gasteiger partial charge in [-0.2, -0.15) is 0 Å². The summed E-state index contributed by atoms with van der Waals surface area (Å²) in [5.41, 5.74) is 5.12. The zero-order valence-corrected chi connectivity index (χ0v) is 18.2. The molecule has 160 valence electrons. The fraction of sp³-hybridized carbons (Fsp3) is 0.214. The topological polar surface area (TPSA) is 52.6 Å². The van der Waals surface area contributed by atoms with Crippen LogP contribution in [0, 0.1) is 23.7 Å². The minimum absolute atomic E-state index is 0.357. The summed E-state index contributed by atoms with van der Waals surface area (Å²) in [5.74, 6) is 11.8. The monoisotopic (exact) mass is 424 g/mol. The van der Waals surface area contributed by atoms with Gasteiger partial charge in [-0.15, -0.1) is 0 Å². The van der Waals surface area contributed by atoms with E-state index < -0.39 is 0 Å². The van der Waals surface area contributed by atoms with Crippen LogP contribution in [0.1, 0.15) is 57.5 Å². The first kappa shape index (κ1) is 22.7. The van der Waals surface area contributed by atoms with Gasteiger partial charge in [-0.25, -0.2) is 9.59 Å². The van der Waals surface area contributed by atoms with Crippen LogP contribution in [0.2, 0.25) is 0 Å². The van der Waals surface area contributed by atoms with Crippen molar-refractivity contribution in [2.75, 3.05) is 14.2 Å². The fourth-order valence-electron chi connectivity index (χ4n) is 3.31. The maximum absolute atomic E-state index is 11.5. The van der Waals surface area contributed by atoms with Gasteiger partial charge < -0.3 is 9.47 Å². The molecular formula is C28H24O4. The van der Waals surface area contributed by atoms with E-state index in [2.05, 4.69) is 23.7 Å². The number of allylic oxidation sites excluding steroid dienone is 4. The number of carbonyl (C=O) groups is 2. The maximum atomic E-state index is 11.5. The second kappa shape index (κ2) is 11.4. The van der Waals surface area contributed by atoms with Crippen molar-refractivity contribution in [1.82, 2.24) is 0 Å². The van der Waals surface area contributed by atoms with Gasteiger partial charge in [-0.05, 0) is 97.5 Å². The molecule has 1 aliphatic carbocycles. The standard InChI is InChI=1S/C28H24O4/c1-31-27(29)25-17-13-21(14-18-25)7-5-11-23-9-3-4-10-24(23)12-6-8-22-15-19-26(20-16-22)28(30)32-2/h11-20H,3-4,9-10H2,1-2H3/b23-11-,24-12+. The highest BCUT2D eigenvalue weighted by molar-refractivity contribution is 5.89. The van der Waals surface area contributed by atoms with Crippen molar-refractivity contribution in [3.63, 3.8) is 0 Å². The molecule has 0 amide bonds. The molecule has 0 atom stereocenters. The lowest BCUT2D eigenvalue weighted by atomic mass is 9.89. The van der Waals surface area contributed by atoms with Gasteiger partial charge in [0, 0.05) is 11.1 Å². The van der Waals surface area contributed by atoms with Gasteiger partial charge in [0.25, 0.3) is 0 Å². The fourth-order valence-corrected chi connectivity index (χ4v) is 3.31. The van der Waals surface area contributed by atoms with Crippen molar-refractivity contribution in [3.8, 4) is 23.7 Å². The maximum Gasteiger partial charge on any atom is 0.337 e. The van der Waals surface area contributed by atoms with Crippen LogP contribution >= 0.6 is 0 Å². The molecule has 0 unspecified atom stereocenters. The van der Waals surface area contributed by atoms with Crippen molar-refractivity contribution in [2.24, 2.45) is 0 Å². The van der Waals surface area contributed by atoms with Crippen molar-refractivity contribution in [3.05, 3.63) is 94.1 Å². The molecule has 0 bridgehead atoms. The van der Waals surface area contributed by atoms with Gasteiger partial charge in [-0.1, -0.05) is 23.7 Å². The summed E-state index contributed by atoms with van der Waals surface area (Å²) in [7, 11) is 2.73.